The molecule has 0 fully saturated rings. The number of aliphatic carboxylic acids is 1. The van der Waals surface area contributed by atoms with Gasteiger partial charge in [-0.25, -0.2) is 8.78 Å². The van der Waals surface area contributed by atoms with Crippen LogP contribution >= 0.6 is 11.8 Å². The second-order valence-corrected chi connectivity index (χ2v) is 3.29. The van der Waals surface area contributed by atoms with Crippen LogP contribution in [0.15, 0.2) is 23.1 Å². The predicted molar refractivity (Wildman–Crippen MR) is 42.1 cm³/mol. The van der Waals surface area contributed by atoms with Crippen molar-refractivity contribution in [1.82, 2.24) is 0 Å². The fourth-order valence-corrected chi connectivity index (χ4v) is 1.34. The van der Waals surface area contributed by atoms with E-state index < -0.39 is 17.6 Å². The number of halogens is 2. The van der Waals surface area contributed by atoms with Crippen LogP contribution in [0.5, 0.6) is 0 Å². The third kappa shape index (κ3) is 3.02. The van der Waals surface area contributed by atoms with Gasteiger partial charge in [-0.2, -0.15) is 0 Å². The number of thioether (sulfide) groups is 1. The van der Waals surface area contributed by atoms with Crippen molar-refractivity contribution in [2.24, 2.45) is 0 Å². The summed E-state index contributed by atoms with van der Waals surface area (Å²) < 4.78 is 24.9. The highest BCUT2D eigenvalue weighted by Crippen LogP contribution is 2.19. The molecule has 13 heavy (non-hydrogen) atoms. The monoisotopic (exact) mass is 203 g/mol. The summed E-state index contributed by atoms with van der Waals surface area (Å²) in [5, 5.41) is 10.0. The Bertz CT molecular complexity index is 328. The Balaban J connectivity index is 2.68. The molecule has 70 valence electrons. The molecule has 0 saturated carbocycles. The molecule has 0 aliphatic rings. The van der Waals surface area contributed by atoms with E-state index in [0.717, 1.165) is 23.9 Å². The zero-order valence-electron chi connectivity index (χ0n) is 6.42. The van der Waals surface area contributed by atoms with Gasteiger partial charge in [0.2, 0.25) is 0 Å². The van der Waals surface area contributed by atoms with Gasteiger partial charge in [-0.15, -0.1) is 11.8 Å². The summed E-state index contributed by atoms with van der Waals surface area (Å²) >= 11 is 0.883. The molecule has 2 nitrogen and oxygen atoms in total. The Hall–Kier alpha value is -1.10. The van der Waals surface area contributed by atoms with Crippen molar-refractivity contribution in [2.75, 3.05) is 5.75 Å². The minimum atomic E-state index is -1.24. The van der Waals surface area contributed by atoms with Crippen molar-refractivity contribution < 1.29 is 18.7 Å². The largest absolute Gasteiger partial charge is 0.549 e. The van der Waals surface area contributed by atoms with Crippen LogP contribution in [0, 0.1) is 11.6 Å². The first-order valence-corrected chi connectivity index (χ1v) is 4.36. The quantitative estimate of drug-likeness (QED) is 0.682. The normalized spacial score (nSPS) is 10.0. The second-order valence-electron chi connectivity index (χ2n) is 2.24. The van der Waals surface area contributed by atoms with Crippen LogP contribution in [-0.2, 0) is 4.79 Å². The Labute approximate surface area is 77.6 Å². The highest BCUT2D eigenvalue weighted by atomic mass is 32.2. The van der Waals surface area contributed by atoms with Crippen molar-refractivity contribution in [1.29, 1.82) is 0 Å². The molecule has 0 spiro atoms. The lowest BCUT2D eigenvalue weighted by molar-refractivity contribution is -0.301. The van der Waals surface area contributed by atoms with Crippen LogP contribution in [-0.4, -0.2) is 11.7 Å². The number of hydrogen-bond donors (Lipinski definition) is 0. The number of benzene rings is 1. The van der Waals surface area contributed by atoms with Gasteiger partial charge in [-0.05, 0) is 18.2 Å². The minimum absolute atomic E-state index is 0.273. The number of carboxylic acid groups (broad SMARTS) is 1. The zero-order chi connectivity index (χ0) is 9.84. The van der Waals surface area contributed by atoms with Crippen LogP contribution in [0.4, 0.5) is 8.78 Å². The average Bonchev–Trinajstić information content (AvgIpc) is 2.07. The maximum atomic E-state index is 12.6. The van der Waals surface area contributed by atoms with Crippen molar-refractivity contribution in [3.63, 3.8) is 0 Å². The predicted octanol–water partition coefficient (Wildman–Crippen LogP) is 0.807. The summed E-state index contributed by atoms with van der Waals surface area (Å²) in [5.41, 5.74) is 0. The lowest BCUT2D eigenvalue weighted by Gasteiger charge is -2.02. The lowest BCUT2D eigenvalue weighted by Crippen LogP contribution is -2.24. The SMILES string of the molecule is O=C([O-])CSc1ccc(F)c(F)c1. The molecule has 0 aliphatic heterocycles. The van der Waals surface area contributed by atoms with Crippen molar-refractivity contribution >= 4 is 17.7 Å². The van der Waals surface area contributed by atoms with Crippen LogP contribution < -0.4 is 5.11 Å². The average molecular weight is 203 g/mol. The summed E-state index contributed by atoms with van der Waals surface area (Å²) in [7, 11) is 0. The van der Waals surface area contributed by atoms with Crippen LogP contribution in [0.1, 0.15) is 0 Å². The molecule has 0 amide bonds. The highest BCUT2D eigenvalue weighted by molar-refractivity contribution is 8.00. The Kier molecular flexibility index (Phi) is 3.25. The fourth-order valence-electron chi connectivity index (χ4n) is 0.709. The summed E-state index contributed by atoms with van der Waals surface area (Å²) in [6.07, 6.45) is 0. The van der Waals surface area contributed by atoms with E-state index in [9.17, 15) is 18.7 Å². The first-order valence-electron chi connectivity index (χ1n) is 3.37. The third-order valence-corrected chi connectivity index (χ3v) is 2.22. The minimum Gasteiger partial charge on any atom is -0.549 e. The van der Waals surface area contributed by atoms with Crippen molar-refractivity contribution in [2.45, 2.75) is 4.90 Å². The molecular weight excluding hydrogens is 198 g/mol. The maximum Gasteiger partial charge on any atom is 0.159 e. The summed E-state index contributed by atoms with van der Waals surface area (Å²) in [5.74, 6) is -3.44. The molecule has 0 aromatic heterocycles. The van der Waals surface area contributed by atoms with E-state index in [1.54, 1.807) is 0 Å². The first kappa shape index (κ1) is 9.98. The molecule has 1 aromatic carbocycles. The lowest BCUT2D eigenvalue weighted by atomic mass is 10.3. The number of hydrogen-bond acceptors (Lipinski definition) is 3. The van der Waals surface area contributed by atoms with E-state index >= 15 is 0 Å². The third-order valence-electron chi connectivity index (χ3n) is 1.25. The summed E-state index contributed by atoms with van der Waals surface area (Å²) in [6.45, 7) is 0. The number of carbonyl (C=O) groups is 1. The fraction of sp³-hybridized carbons (Fsp3) is 0.125. The maximum absolute atomic E-state index is 12.6. The van der Waals surface area contributed by atoms with Gasteiger partial charge in [0.15, 0.2) is 11.6 Å². The van der Waals surface area contributed by atoms with E-state index in [0.29, 0.717) is 4.90 Å². The molecule has 0 unspecified atom stereocenters. The topological polar surface area (TPSA) is 40.1 Å². The zero-order valence-corrected chi connectivity index (χ0v) is 7.24. The van der Waals surface area contributed by atoms with Crippen molar-refractivity contribution in [3.8, 4) is 0 Å². The summed E-state index contributed by atoms with van der Waals surface area (Å²) in [4.78, 5) is 10.4. The summed E-state index contributed by atoms with van der Waals surface area (Å²) in [6, 6.07) is 3.21. The molecule has 0 N–H and O–H groups in total. The van der Waals surface area contributed by atoms with E-state index in [-0.39, 0.29) is 5.75 Å². The molecule has 0 aliphatic carbocycles. The number of carbonyl (C=O) groups excluding carboxylic acids is 1. The second kappa shape index (κ2) is 4.23. The van der Waals surface area contributed by atoms with Gasteiger partial charge in [0.1, 0.15) is 0 Å². The van der Waals surface area contributed by atoms with Crippen LogP contribution in [0.2, 0.25) is 0 Å². The Morgan fingerprint density at radius 3 is 2.62 bits per heavy atom. The molecule has 0 atom stereocenters. The molecule has 1 aromatic rings. The van der Waals surface area contributed by atoms with Gasteiger partial charge in [-0.3, -0.25) is 0 Å². The Morgan fingerprint density at radius 2 is 2.08 bits per heavy atom. The van der Waals surface area contributed by atoms with E-state index in [1.807, 2.05) is 0 Å². The standard InChI is InChI=1S/C8H6F2O2S/c9-6-2-1-5(3-7(6)10)13-4-8(11)12/h1-3H,4H2,(H,11,12)/p-1. The van der Waals surface area contributed by atoms with Gasteiger partial charge in [0.25, 0.3) is 0 Å². The van der Waals surface area contributed by atoms with Crippen LogP contribution in [0.25, 0.3) is 0 Å². The molecule has 1 rings (SSSR count). The smallest absolute Gasteiger partial charge is 0.159 e. The Morgan fingerprint density at radius 1 is 1.38 bits per heavy atom. The molecule has 0 saturated heterocycles. The van der Waals surface area contributed by atoms with E-state index in [1.165, 1.54) is 6.07 Å². The van der Waals surface area contributed by atoms with E-state index in [2.05, 4.69) is 0 Å². The molecular formula is C8H5F2O2S-. The van der Waals surface area contributed by atoms with Gasteiger partial charge in [-0.1, -0.05) is 0 Å². The molecule has 0 radical (unpaired) electrons. The van der Waals surface area contributed by atoms with Gasteiger partial charge >= 0.3 is 0 Å². The van der Waals surface area contributed by atoms with Gasteiger partial charge in [0.05, 0.1) is 5.97 Å². The van der Waals surface area contributed by atoms with Crippen molar-refractivity contribution in [3.05, 3.63) is 29.8 Å². The van der Waals surface area contributed by atoms with Gasteiger partial charge in [0, 0.05) is 10.6 Å². The number of carboxylic acids is 1. The van der Waals surface area contributed by atoms with Gasteiger partial charge < -0.3 is 9.90 Å². The molecule has 0 heterocycles. The number of rotatable bonds is 3. The molecule has 0 bridgehead atoms. The first-order chi connectivity index (χ1) is 6.09. The van der Waals surface area contributed by atoms with Crippen LogP contribution in [0.3, 0.4) is 0 Å². The molecule has 5 heteroatoms. The van der Waals surface area contributed by atoms with E-state index in [4.69, 9.17) is 0 Å². The highest BCUT2D eigenvalue weighted by Gasteiger charge is 2.02.